The summed E-state index contributed by atoms with van der Waals surface area (Å²) in [6.45, 7) is 1.66. The number of nitrogens with zero attached hydrogens (tertiary/aromatic N) is 4. The predicted molar refractivity (Wildman–Crippen MR) is 97.4 cm³/mol. The zero-order valence-corrected chi connectivity index (χ0v) is 15.1. The van der Waals surface area contributed by atoms with E-state index in [1.54, 1.807) is 63.6 Å². The van der Waals surface area contributed by atoms with Crippen molar-refractivity contribution in [3.05, 3.63) is 48.8 Å². The van der Waals surface area contributed by atoms with Crippen LogP contribution < -0.4 is 19.5 Å². The first-order valence-corrected chi connectivity index (χ1v) is 8.13. The van der Waals surface area contributed by atoms with Crippen molar-refractivity contribution in [3.63, 3.8) is 0 Å². The molecule has 3 aromatic rings. The van der Waals surface area contributed by atoms with E-state index in [9.17, 15) is 4.79 Å². The van der Waals surface area contributed by atoms with Gasteiger partial charge in [0.05, 0.1) is 19.9 Å². The van der Waals surface area contributed by atoms with Crippen LogP contribution in [-0.4, -0.2) is 46.4 Å². The van der Waals surface area contributed by atoms with Gasteiger partial charge in [-0.2, -0.15) is 0 Å². The number of rotatable bonds is 7. The number of carbonyl (C=O) groups excluding carboxylic acids is 1. The van der Waals surface area contributed by atoms with Crippen LogP contribution in [0, 0.1) is 0 Å². The number of anilines is 1. The highest BCUT2D eigenvalue weighted by Gasteiger charge is 2.16. The van der Waals surface area contributed by atoms with E-state index in [1.807, 2.05) is 0 Å². The van der Waals surface area contributed by atoms with Crippen LogP contribution in [0.1, 0.15) is 6.92 Å². The number of amides is 1. The Hall–Kier alpha value is -3.62. The normalized spacial score (nSPS) is 11.5. The third-order valence-electron chi connectivity index (χ3n) is 3.73. The fourth-order valence-corrected chi connectivity index (χ4v) is 2.36. The van der Waals surface area contributed by atoms with Gasteiger partial charge in [-0.05, 0) is 35.5 Å². The molecule has 1 unspecified atom stereocenters. The zero-order valence-electron chi connectivity index (χ0n) is 15.1. The number of hydrogen-bond donors (Lipinski definition) is 1. The molecular weight excluding hydrogens is 350 g/mol. The average molecular weight is 369 g/mol. The Labute approximate surface area is 155 Å². The van der Waals surface area contributed by atoms with Crippen LogP contribution in [0.15, 0.2) is 48.8 Å². The molecule has 0 saturated carbocycles. The van der Waals surface area contributed by atoms with E-state index in [0.717, 1.165) is 0 Å². The quantitative estimate of drug-likeness (QED) is 0.680. The van der Waals surface area contributed by atoms with Crippen LogP contribution in [0.2, 0.25) is 0 Å². The summed E-state index contributed by atoms with van der Waals surface area (Å²) in [6, 6.07) is 12.2. The van der Waals surface area contributed by atoms with Crippen molar-refractivity contribution in [1.82, 2.24) is 20.2 Å². The summed E-state index contributed by atoms with van der Waals surface area (Å²) in [5, 5.41) is 13.9. The van der Waals surface area contributed by atoms with Gasteiger partial charge in [0.1, 0.15) is 23.6 Å². The summed E-state index contributed by atoms with van der Waals surface area (Å²) in [7, 11) is 3.11. The molecule has 0 aliphatic rings. The largest absolute Gasteiger partial charge is 0.497 e. The fraction of sp³-hybridized carbons (Fsp3) is 0.222. The van der Waals surface area contributed by atoms with E-state index in [0.29, 0.717) is 28.6 Å². The molecule has 0 fully saturated rings. The lowest BCUT2D eigenvalue weighted by atomic mass is 10.2. The minimum Gasteiger partial charge on any atom is -0.497 e. The van der Waals surface area contributed by atoms with Gasteiger partial charge in [0.2, 0.25) is 0 Å². The summed E-state index contributed by atoms with van der Waals surface area (Å²) in [6.07, 6.45) is 0.731. The minimum absolute atomic E-state index is 0.311. The van der Waals surface area contributed by atoms with Gasteiger partial charge < -0.3 is 19.5 Å². The Kier molecular flexibility index (Phi) is 5.50. The summed E-state index contributed by atoms with van der Waals surface area (Å²) in [5.74, 6) is 1.43. The summed E-state index contributed by atoms with van der Waals surface area (Å²) < 4.78 is 17.6. The van der Waals surface area contributed by atoms with Gasteiger partial charge in [0.15, 0.2) is 6.10 Å². The topological polar surface area (TPSA) is 100 Å². The number of methoxy groups -OCH3 is 2. The van der Waals surface area contributed by atoms with E-state index in [1.165, 1.54) is 11.0 Å². The van der Waals surface area contributed by atoms with Crippen LogP contribution in [0.4, 0.5) is 5.69 Å². The molecule has 0 radical (unpaired) electrons. The van der Waals surface area contributed by atoms with Crippen molar-refractivity contribution in [2.75, 3.05) is 19.5 Å². The van der Waals surface area contributed by atoms with Crippen LogP contribution >= 0.6 is 0 Å². The lowest BCUT2D eigenvalue weighted by Gasteiger charge is -2.16. The lowest BCUT2D eigenvalue weighted by molar-refractivity contribution is -0.122. The highest BCUT2D eigenvalue weighted by atomic mass is 16.5. The second-order valence-corrected chi connectivity index (χ2v) is 5.60. The highest BCUT2D eigenvalue weighted by molar-refractivity contribution is 5.94. The van der Waals surface area contributed by atoms with Crippen molar-refractivity contribution in [2.45, 2.75) is 13.0 Å². The minimum atomic E-state index is -0.722. The first-order valence-electron chi connectivity index (χ1n) is 8.13. The molecule has 1 heterocycles. The Morgan fingerprint density at radius 2 is 1.85 bits per heavy atom. The molecular formula is C18H19N5O4. The second-order valence-electron chi connectivity index (χ2n) is 5.60. The number of aromatic nitrogens is 4. The van der Waals surface area contributed by atoms with Crippen molar-refractivity contribution < 1.29 is 19.0 Å². The van der Waals surface area contributed by atoms with Crippen molar-refractivity contribution in [3.8, 4) is 22.9 Å². The molecule has 1 atom stereocenters. The Balaban J connectivity index is 1.73. The molecule has 0 spiro atoms. The Morgan fingerprint density at radius 1 is 1.07 bits per heavy atom. The molecule has 2 aromatic carbocycles. The first-order chi connectivity index (χ1) is 13.1. The summed E-state index contributed by atoms with van der Waals surface area (Å²) >= 11 is 0. The van der Waals surface area contributed by atoms with Crippen LogP contribution in [0.5, 0.6) is 17.2 Å². The van der Waals surface area contributed by atoms with Gasteiger partial charge in [-0.1, -0.05) is 6.07 Å². The smallest absolute Gasteiger partial charge is 0.265 e. The number of hydrogen-bond acceptors (Lipinski definition) is 7. The Bertz CT molecular complexity index is 914. The molecule has 0 saturated heterocycles. The molecule has 140 valence electrons. The monoisotopic (exact) mass is 369 g/mol. The van der Waals surface area contributed by atoms with Crippen molar-refractivity contribution in [2.24, 2.45) is 0 Å². The maximum Gasteiger partial charge on any atom is 0.265 e. The molecule has 1 amide bonds. The molecule has 27 heavy (non-hydrogen) atoms. The number of nitrogens with one attached hydrogen (secondary N) is 1. The average Bonchev–Trinajstić information content (AvgIpc) is 3.22. The van der Waals surface area contributed by atoms with Crippen LogP contribution in [0.25, 0.3) is 5.69 Å². The third-order valence-corrected chi connectivity index (χ3v) is 3.73. The van der Waals surface area contributed by atoms with Gasteiger partial charge in [0, 0.05) is 23.9 Å². The van der Waals surface area contributed by atoms with Crippen molar-refractivity contribution in [1.29, 1.82) is 0 Å². The van der Waals surface area contributed by atoms with Gasteiger partial charge in [-0.3, -0.25) is 4.79 Å². The third kappa shape index (κ3) is 4.51. The Morgan fingerprint density at radius 3 is 2.56 bits per heavy atom. The molecule has 9 heteroatoms. The lowest BCUT2D eigenvalue weighted by Crippen LogP contribution is -2.30. The van der Waals surface area contributed by atoms with E-state index in [-0.39, 0.29) is 5.91 Å². The van der Waals surface area contributed by atoms with E-state index < -0.39 is 6.10 Å². The summed E-state index contributed by atoms with van der Waals surface area (Å²) in [5.41, 5.74) is 1.18. The second kappa shape index (κ2) is 8.17. The maximum absolute atomic E-state index is 12.5. The SMILES string of the molecule is COc1cccc(OC(C)C(=O)Nc2cc(OC)cc(-n3cnnn3)c2)c1. The van der Waals surface area contributed by atoms with E-state index >= 15 is 0 Å². The molecule has 0 bridgehead atoms. The van der Waals surface area contributed by atoms with E-state index in [2.05, 4.69) is 20.8 Å². The summed E-state index contributed by atoms with van der Waals surface area (Å²) in [4.78, 5) is 12.5. The molecule has 1 N–H and O–H groups in total. The van der Waals surface area contributed by atoms with Crippen LogP contribution in [0.3, 0.4) is 0 Å². The van der Waals surface area contributed by atoms with Crippen LogP contribution in [-0.2, 0) is 4.79 Å². The van der Waals surface area contributed by atoms with Gasteiger partial charge in [-0.25, -0.2) is 4.68 Å². The standard InChI is InChI=1S/C18H19N5O4/c1-12(27-16-6-4-5-15(10-16)25-2)18(24)20-13-7-14(9-17(8-13)26-3)23-11-19-21-22-23/h4-12H,1-3H3,(H,20,24). The van der Waals surface area contributed by atoms with Gasteiger partial charge in [-0.15, -0.1) is 5.10 Å². The molecule has 9 nitrogen and oxygen atoms in total. The number of tetrazole rings is 1. The first kappa shape index (κ1) is 18.2. The van der Waals surface area contributed by atoms with E-state index in [4.69, 9.17) is 14.2 Å². The zero-order chi connectivity index (χ0) is 19.2. The molecule has 0 aliphatic carbocycles. The molecule has 1 aromatic heterocycles. The predicted octanol–water partition coefficient (Wildman–Crippen LogP) is 2.09. The maximum atomic E-state index is 12.5. The fourth-order valence-electron chi connectivity index (χ4n) is 2.36. The highest BCUT2D eigenvalue weighted by Crippen LogP contribution is 2.24. The van der Waals surface area contributed by atoms with Gasteiger partial charge >= 0.3 is 0 Å². The number of carbonyl (C=O) groups is 1. The number of benzene rings is 2. The van der Waals surface area contributed by atoms with Gasteiger partial charge in [0.25, 0.3) is 5.91 Å². The molecule has 0 aliphatic heterocycles. The number of ether oxygens (including phenoxy) is 3. The molecule has 3 rings (SSSR count). The van der Waals surface area contributed by atoms with Crippen molar-refractivity contribution >= 4 is 11.6 Å².